The molecule has 1 aromatic carbocycles. The highest BCUT2D eigenvalue weighted by Crippen LogP contribution is 2.21. The smallest absolute Gasteiger partial charge is 0.254 e. The molecule has 0 bridgehead atoms. The van der Waals surface area contributed by atoms with Crippen LogP contribution in [0.2, 0.25) is 0 Å². The van der Waals surface area contributed by atoms with E-state index in [1.165, 1.54) is 0 Å². The Balaban J connectivity index is 1.51. The number of piperidine rings is 1. The number of hydrogen-bond acceptors (Lipinski definition) is 3. The van der Waals surface area contributed by atoms with Gasteiger partial charge in [0.25, 0.3) is 5.91 Å². The number of halogens is 1. The predicted octanol–water partition coefficient (Wildman–Crippen LogP) is 2.35. The van der Waals surface area contributed by atoms with Gasteiger partial charge in [0.05, 0.1) is 5.56 Å². The number of hydrogen-bond donors (Lipinski definition) is 1. The molecule has 0 saturated carbocycles. The lowest BCUT2D eigenvalue weighted by molar-refractivity contribution is -0.131. The highest BCUT2D eigenvalue weighted by atomic mass is 79.9. The van der Waals surface area contributed by atoms with Gasteiger partial charge in [0.1, 0.15) is 6.10 Å². The van der Waals surface area contributed by atoms with Crippen molar-refractivity contribution in [3.8, 4) is 0 Å². The number of likely N-dealkylation sites (tertiary alicyclic amines) is 1. The average molecular weight is 381 g/mol. The minimum atomic E-state index is -0.282. The van der Waals surface area contributed by atoms with Gasteiger partial charge in [-0.25, -0.2) is 0 Å². The van der Waals surface area contributed by atoms with E-state index in [2.05, 4.69) is 21.2 Å². The molecule has 1 atom stereocenters. The van der Waals surface area contributed by atoms with E-state index < -0.39 is 0 Å². The number of nitrogens with one attached hydrogen (secondary N) is 1. The summed E-state index contributed by atoms with van der Waals surface area (Å²) >= 11 is 3.43. The largest absolute Gasteiger partial charge is 0.368 e. The van der Waals surface area contributed by atoms with Crippen LogP contribution in [0.1, 0.15) is 36.0 Å². The lowest BCUT2D eigenvalue weighted by Crippen LogP contribution is -2.48. The predicted molar refractivity (Wildman–Crippen MR) is 90.2 cm³/mol. The first-order valence-corrected chi connectivity index (χ1v) is 8.90. The van der Waals surface area contributed by atoms with Crippen molar-refractivity contribution in [2.75, 3.05) is 19.7 Å². The topological polar surface area (TPSA) is 58.6 Å². The third-order valence-corrected chi connectivity index (χ3v) is 5.15. The minimum Gasteiger partial charge on any atom is -0.368 e. The quantitative estimate of drug-likeness (QED) is 0.875. The molecule has 3 rings (SSSR count). The number of rotatable bonds is 3. The van der Waals surface area contributed by atoms with Gasteiger partial charge in [-0.1, -0.05) is 12.1 Å². The zero-order chi connectivity index (χ0) is 16.2. The first kappa shape index (κ1) is 16.5. The van der Waals surface area contributed by atoms with Crippen molar-refractivity contribution in [2.24, 2.45) is 0 Å². The molecule has 2 fully saturated rings. The Morgan fingerprint density at radius 2 is 1.91 bits per heavy atom. The number of carbonyl (C=O) groups excluding carboxylic acids is 2. The molecule has 2 heterocycles. The summed E-state index contributed by atoms with van der Waals surface area (Å²) in [4.78, 5) is 26.5. The van der Waals surface area contributed by atoms with Crippen molar-refractivity contribution in [2.45, 2.75) is 37.8 Å². The van der Waals surface area contributed by atoms with Crippen molar-refractivity contribution in [3.05, 3.63) is 34.3 Å². The van der Waals surface area contributed by atoms with E-state index in [0.717, 1.165) is 30.2 Å². The third-order valence-electron chi connectivity index (χ3n) is 4.45. The molecule has 2 saturated heterocycles. The number of carbonyl (C=O) groups is 2. The second-order valence-electron chi connectivity index (χ2n) is 6.06. The Morgan fingerprint density at radius 3 is 2.57 bits per heavy atom. The van der Waals surface area contributed by atoms with Gasteiger partial charge in [-0.05, 0) is 53.7 Å². The van der Waals surface area contributed by atoms with Gasteiger partial charge < -0.3 is 15.0 Å². The van der Waals surface area contributed by atoms with Gasteiger partial charge in [0.2, 0.25) is 5.91 Å². The van der Waals surface area contributed by atoms with Gasteiger partial charge in [0.15, 0.2) is 0 Å². The van der Waals surface area contributed by atoms with E-state index in [9.17, 15) is 9.59 Å². The van der Waals surface area contributed by atoms with E-state index in [-0.39, 0.29) is 24.0 Å². The van der Waals surface area contributed by atoms with E-state index in [1.54, 1.807) is 0 Å². The van der Waals surface area contributed by atoms with Crippen molar-refractivity contribution < 1.29 is 14.3 Å². The second-order valence-corrected chi connectivity index (χ2v) is 6.91. The molecule has 2 aliphatic rings. The molecule has 0 aromatic heterocycles. The van der Waals surface area contributed by atoms with Crippen LogP contribution in [0.4, 0.5) is 0 Å². The van der Waals surface area contributed by atoms with Crippen molar-refractivity contribution in [1.29, 1.82) is 0 Å². The van der Waals surface area contributed by atoms with Gasteiger partial charge in [-0.15, -0.1) is 0 Å². The summed E-state index contributed by atoms with van der Waals surface area (Å²) < 4.78 is 6.22. The fourth-order valence-electron chi connectivity index (χ4n) is 3.11. The maximum absolute atomic E-state index is 12.5. The Hall–Kier alpha value is -1.40. The Kier molecular flexibility index (Phi) is 5.33. The van der Waals surface area contributed by atoms with Crippen molar-refractivity contribution in [3.63, 3.8) is 0 Å². The summed E-state index contributed by atoms with van der Waals surface area (Å²) in [5.41, 5.74) is 0.689. The molecule has 2 amide bonds. The lowest BCUT2D eigenvalue weighted by atomic mass is 10.0. The van der Waals surface area contributed by atoms with Gasteiger partial charge in [-0.3, -0.25) is 9.59 Å². The SMILES string of the molecule is O=C(NC1CCN(C(=O)c2ccccc2Br)CC1)C1CCCO1. The van der Waals surface area contributed by atoms with Crippen LogP contribution in [0.3, 0.4) is 0 Å². The Morgan fingerprint density at radius 1 is 1.17 bits per heavy atom. The number of benzene rings is 1. The zero-order valence-corrected chi connectivity index (χ0v) is 14.5. The summed E-state index contributed by atoms with van der Waals surface area (Å²) in [6.45, 7) is 2.00. The molecule has 1 N–H and O–H groups in total. The molecule has 2 aliphatic heterocycles. The minimum absolute atomic E-state index is 0.00178. The summed E-state index contributed by atoms with van der Waals surface area (Å²) in [7, 11) is 0. The molecule has 5 nitrogen and oxygen atoms in total. The van der Waals surface area contributed by atoms with Crippen LogP contribution < -0.4 is 5.32 Å². The van der Waals surface area contributed by atoms with Gasteiger partial charge in [0, 0.05) is 30.2 Å². The van der Waals surface area contributed by atoms with Crippen LogP contribution >= 0.6 is 15.9 Å². The van der Waals surface area contributed by atoms with Crippen LogP contribution in [0.25, 0.3) is 0 Å². The van der Waals surface area contributed by atoms with Crippen LogP contribution in [0, 0.1) is 0 Å². The maximum atomic E-state index is 12.5. The van der Waals surface area contributed by atoms with Gasteiger partial charge in [-0.2, -0.15) is 0 Å². The monoisotopic (exact) mass is 380 g/mol. The van der Waals surface area contributed by atoms with Crippen LogP contribution in [0.5, 0.6) is 0 Å². The highest BCUT2D eigenvalue weighted by Gasteiger charge is 2.29. The van der Waals surface area contributed by atoms with Crippen LogP contribution in [0.15, 0.2) is 28.7 Å². The lowest BCUT2D eigenvalue weighted by Gasteiger charge is -2.33. The standard InChI is InChI=1S/C17H21BrN2O3/c18-14-5-2-1-4-13(14)17(22)20-9-7-12(8-10-20)19-16(21)15-6-3-11-23-15/h1-2,4-5,12,15H,3,6-11H2,(H,19,21). The van der Waals surface area contributed by atoms with E-state index in [4.69, 9.17) is 4.74 Å². The first-order chi connectivity index (χ1) is 11.1. The normalized spacial score (nSPS) is 22.1. The molecule has 0 aliphatic carbocycles. The summed E-state index contributed by atoms with van der Waals surface area (Å²) in [5.74, 6) is 0.0412. The van der Waals surface area contributed by atoms with Crippen LogP contribution in [-0.2, 0) is 9.53 Å². The number of amides is 2. The van der Waals surface area contributed by atoms with E-state index in [1.807, 2.05) is 29.2 Å². The van der Waals surface area contributed by atoms with Gasteiger partial charge >= 0.3 is 0 Å². The van der Waals surface area contributed by atoms with Crippen molar-refractivity contribution >= 4 is 27.7 Å². The molecule has 6 heteroatoms. The molecule has 124 valence electrons. The molecular weight excluding hydrogens is 360 g/mol. The summed E-state index contributed by atoms with van der Waals surface area (Å²) in [6.07, 6.45) is 3.06. The maximum Gasteiger partial charge on any atom is 0.254 e. The fraction of sp³-hybridized carbons (Fsp3) is 0.529. The van der Waals surface area contributed by atoms with Crippen molar-refractivity contribution in [1.82, 2.24) is 10.2 Å². The van der Waals surface area contributed by atoms with E-state index in [0.29, 0.717) is 25.3 Å². The molecule has 1 unspecified atom stereocenters. The van der Waals surface area contributed by atoms with E-state index >= 15 is 0 Å². The fourth-order valence-corrected chi connectivity index (χ4v) is 3.56. The highest BCUT2D eigenvalue weighted by molar-refractivity contribution is 9.10. The Bertz CT molecular complexity index is 579. The average Bonchev–Trinajstić information content (AvgIpc) is 3.10. The first-order valence-electron chi connectivity index (χ1n) is 8.11. The molecule has 1 aromatic rings. The van der Waals surface area contributed by atoms with Crippen LogP contribution in [-0.4, -0.2) is 48.6 Å². The third kappa shape index (κ3) is 3.93. The summed E-state index contributed by atoms with van der Waals surface area (Å²) in [6, 6.07) is 7.61. The molecule has 0 radical (unpaired) electrons. The molecule has 0 spiro atoms. The summed E-state index contributed by atoms with van der Waals surface area (Å²) in [5, 5.41) is 3.06. The zero-order valence-electron chi connectivity index (χ0n) is 13.0. The molecular formula is C17H21BrN2O3. The number of nitrogens with zero attached hydrogens (tertiary/aromatic N) is 1. The number of ether oxygens (including phenoxy) is 1. The molecule has 23 heavy (non-hydrogen) atoms. The second kappa shape index (κ2) is 7.45. The Labute approximate surface area is 144 Å².